The van der Waals surface area contributed by atoms with Crippen molar-refractivity contribution in [1.82, 2.24) is 0 Å². The summed E-state index contributed by atoms with van der Waals surface area (Å²) >= 11 is 0. The maximum atomic E-state index is 10.7. The molecule has 0 aliphatic rings. The number of rotatable bonds is 4. The van der Waals surface area contributed by atoms with E-state index in [9.17, 15) is 9.59 Å². The van der Waals surface area contributed by atoms with E-state index in [4.69, 9.17) is 5.11 Å². The number of hydrogen-bond donors (Lipinski definition) is 1. The molecular weight excluding hydrogens is 144 g/mol. The topological polar surface area (TPSA) is 54.4 Å². The van der Waals surface area contributed by atoms with Crippen LogP contribution in [-0.2, 0) is 9.59 Å². The summed E-state index contributed by atoms with van der Waals surface area (Å²) in [6.07, 6.45) is 5.46. The van der Waals surface area contributed by atoms with Crippen molar-refractivity contribution in [2.75, 3.05) is 0 Å². The maximum absolute atomic E-state index is 10.7. The van der Waals surface area contributed by atoms with E-state index < -0.39 is 5.97 Å². The first kappa shape index (κ1) is 9.62. The Morgan fingerprint density at radius 2 is 2.00 bits per heavy atom. The number of aliphatic carboxylic acids is 1. The molecule has 0 radical (unpaired) electrons. The third-order valence-corrected chi connectivity index (χ3v) is 0.932. The molecular formula is C8H10O3. The lowest BCUT2D eigenvalue weighted by molar-refractivity contribution is -0.131. The van der Waals surface area contributed by atoms with Crippen LogP contribution < -0.4 is 0 Å². The number of allylic oxidation sites excluding steroid dienone is 3. The molecule has 0 heterocycles. The van der Waals surface area contributed by atoms with Crippen molar-refractivity contribution < 1.29 is 14.7 Å². The fourth-order valence-electron chi connectivity index (χ4n) is 0.530. The maximum Gasteiger partial charge on any atom is 0.327 e. The van der Waals surface area contributed by atoms with Gasteiger partial charge in [0.2, 0.25) is 0 Å². The fourth-order valence-corrected chi connectivity index (χ4v) is 0.530. The Bertz CT molecular complexity index is 201. The molecule has 0 fully saturated rings. The highest BCUT2D eigenvalue weighted by Crippen LogP contribution is 1.87. The molecule has 3 nitrogen and oxygen atoms in total. The van der Waals surface area contributed by atoms with Crippen molar-refractivity contribution in [3.05, 3.63) is 24.3 Å². The van der Waals surface area contributed by atoms with E-state index in [1.807, 2.05) is 0 Å². The summed E-state index contributed by atoms with van der Waals surface area (Å²) < 4.78 is 0. The average molecular weight is 154 g/mol. The average Bonchev–Trinajstić information content (AvgIpc) is 1.87. The molecule has 0 saturated carbocycles. The lowest BCUT2D eigenvalue weighted by Gasteiger charge is -1.83. The van der Waals surface area contributed by atoms with E-state index in [0.29, 0.717) is 0 Å². The molecule has 0 aliphatic heterocycles. The van der Waals surface area contributed by atoms with Crippen molar-refractivity contribution >= 4 is 11.8 Å². The Balaban J connectivity index is 3.70. The van der Waals surface area contributed by atoms with Gasteiger partial charge in [-0.2, -0.15) is 0 Å². The van der Waals surface area contributed by atoms with Crippen molar-refractivity contribution in [1.29, 1.82) is 0 Å². The lowest BCUT2D eigenvalue weighted by atomic mass is 10.2. The Morgan fingerprint density at radius 3 is 2.45 bits per heavy atom. The molecule has 1 N–H and O–H groups in total. The molecule has 0 aromatic carbocycles. The van der Waals surface area contributed by atoms with E-state index in [-0.39, 0.29) is 12.2 Å². The van der Waals surface area contributed by atoms with Crippen LogP contribution in [0.1, 0.15) is 13.3 Å². The molecule has 0 saturated heterocycles. The molecule has 0 aliphatic carbocycles. The van der Waals surface area contributed by atoms with Crippen LogP contribution in [0.25, 0.3) is 0 Å². The Hall–Kier alpha value is -1.38. The molecule has 60 valence electrons. The number of carbonyl (C=O) groups excluding carboxylic acids is 1. The number of carboxylic acid groups (broad SMARTS) is 1. The van der Waals surface area contributed by atoms with Crippen molar-refractivity contribution in [2.45, 2.75) is 13.3 Å². The molecule has 0 amide bonds. The fraction of sp³-hybridized carbons (Fsp3) is 0.250. The van der Waals surface area contributed by atoms with Gasteiger partial charge in [-0.15, -0.1) is 0 Å². The molecule has 0 bridgehead atoms. The number of carbonyl (C=O) groups is 2. The summed E-state index contributed by atoms with van der Waals surface area (Å²) in [5.74, 6) is -1.12. The molecule has 0 spiro atoms. The van der Waals surface area contributed by atoms with Gasteiger partial charge >= 0.3 is 5.97 Å². The van der Waals surface area contributed by atoms with Crippen molar-refractivity contribution in [3.63, 3.8) is 0 Å². The Morgan fingerprint density at radius 1 is 1.36 bits per heavy atom. The van der Waals surface area contributed by atoms with Crippen LogP contribution in [-0.4, -0.2) is 16.9 Å². The van der Waals surface area contributed by atoms with Gasteiger partial charge in [0.15, 0.2) is 5.78 Å². The first-order valence-corrected chi connectivity index (χ1v) is 3.22. The van der Waals surface area contributed by atoms with Crippen LogP contribution >= 0.6 is 0 Å². The second kappa shape index (κ2) is 5.41. The number of ketones is 1. The monoisotopic (exact) mass is 154 g/mol. The summed E-state index contributed by atoms with van der Waals surface area (Å²) in [7, 11) is 0. The largest absolute Gasteiger partial charge is 0.478 e. The van der Waals surface area contributed by atoms with Gasteiger partial charge in [0.05, 0.1) is 0 Å². The van der Waals surface area contributed by atoms with E-state index >= 15 is 0 Å². The van der Waals surface area contributed by atoms with Gasteiger partial charge in [-0.3, -0.25) is 4.79 Å². The quantitative estimate of drug-likeness (QED) is 0.618. The van der Waals surface area contributed by atoms with Gasteiger partial charge in [0.1, 0.15) is 0 Å². The van der Waals surface area contributed by atoms with Crippen LogP contribution in [0, 0.1) is 0 Å². The molecule has 11 heavy (non-hydrogen) atoms. The van der Waals surface area contributed by atoms with E-state index in [0.717, 1.165) is 6.08 Å². The Kier molecular flexibility index (Phi) is 4.73. The van der Waals surface area contributed by atoms with E-state index in [2.05, 4.69) is 0 Å². The zero-order valence-electron chi connectivity index (χ0n) is 6.28. The van der Waals surface area contributed by atoms with Crippen molar-refractivity contribution in [3.8, 4) is 0 Å². The summed E-state index contributed by atoms with van der Waals surface area (Å²) in [4.78, 5) is 20.6. The van der Waals surface area contributed by atoms with Gasteiger partial charge in [-0.05, 0) is 13.0 Å². The first-order chi connectivity index (χ1) is 5.16. The standard InChI is InChI=1S/C8H10O3/c1-2-4-7(9)5-3-6-8(10)11/h2-4,6H,5H2,1H3,(H,10,11). The molecule has 0 rings (SSSR count). The van der Waals surface area contributed by atoms with E-state index in [1.54, 1.807) is 13.0 Å². The second-order valence-electron chi connectivity index (χ2n) is 1.91. The zero-order valence-corrected chi connectivity index (χ0v) is 6.28. The van der Waals surface area contributed by atoms with Crippen LogP contribution in [0.15, 0.2) is 24.3 Å². The Labute approximate surface area is 65.0 Å². The number of carboxylic acids is 1. The molecule has 0 atom stereocenters. The number of hydrogen-bond acceptors (Lipinski definition) is 2. The lowest BCUT2D eigenvalue weighted by Crippen LogP contribution is -1.91. The third-order valence-electron chi connectivity index (χ3n) is 0.932. The molecule has 0 aromatic heterocycles. The van der Waals surface area contributed by atoms with Gasteiger partial charge < -0.3 is 5.11 Å². The minimum Gasteiger partial charge on any atom is -0.478 e. The third kappa shape index (κ3) is 6.51. The van der Waals surface area contributed by atoms with Crippen molar-refractivity contribution in [2.24, 2.45) is 0 Å². The van der Waals surface area contributed by atoms with E-state index in [1.165, 1.54) is 12.2 Å². The van der Waals surface area contributed by atoms with Crippen LogP contribution in [0.2, 0.25) is 0 Å². The molecule has 0 unspecified atom stereocenters. The highest BCUT2D eigenvalue weighted by molar-refractivity contribution is 5.91. The summed E-state index contributed by atoms with van der Waals surface area (Å²) in [5.41, 5.74) is 0. The van der Waals surface area contributed by atoms with Gasteiger partial charge in [-0.25, -0.2) is 4.79 Å². The summed E-state index contributed by atoms with van der Waals surface area (Å²) in [6.45, 7) is 1.73. The minimum atomic E-state index is -1.03. The zero-order chi connectivity index (χ0) is 8.69. The van der Waals surface area contributed by atoms with Gasteiger partial charge in [0, 0.05) is 12.5 Å². The predicted molar refractivity (Wildman–Crippen MR) is 41.2 cm³/mol. The normalized spacial score (nSPS) is 11.0. The SMILES string of the molecule is CC=CC(=O)CC=CC(=O)O. The minimum absolute atomic E-state index is 0.0926. The molecule has 3 heteroatoms. The van der Waals surface area contributed by atoms with Gasteiger partial charge in [-0.1, -0.05) is 12.2 Å². The summed E-state index contributed by atoms with van der Waals surface area (Å²) in [5, 5.41) is 8.14. The van der Waals surface area contributed by atoms with Gasteiger partial charge in [0.25, 0.3) is 0 Å². The highest BCUT2D eigenvalue weighted by Gasteiger charge is 1.91. The van der Waals surface area contributed by atoms with Crippen LogP contribution in [0.5, 0.6) is 0 Å². The smallest absolute Gasteiger partial charge is 0.327 e. The highest BCUT2D eigenvalue weighted by atomic mass is 16.4. The summed E-state index contributed by atoms with van der Waals surface area (Å²) in [6, 6.07) is 0. The first-order valence-electron chi connectivity index (χ1n) is 3.22. The molecule has 0 aromatic rings. The van der Waals surface area contributed by atoms with Crippen LogP contribution in [0.4, 0.5) is 0 Å². The second-order valence-corrected chi connectivity index (χ2v) is 1.91. The van der Waals surface area contributed by atoms with Crippen LogP contribution in [0.3, 0.4) is 0 Å². The predicted octanol–water partition coefficient (Wildman–Crippen LogP) is 1.16.